The highest BCUT2D eigenvalue weighted by Crippen LogP contribution is 2.18. The predicted molar refractivity (Wildman–Crippen MR) is 85.4 cm³/mol. The lowest BCUT2D eigenvalue weighted by molar-refractivity contribution is -0.127. The lowest BCUT2D eigenvalue weighted by Gasteiger charge is -2.12. The highest BCUT2D eigenvalue weighted by atomic mass is 35.5. The van der Waals surface area contributed by atoms with Crippen LogP contribution in [-0.2, 0) is 4.79 Å². The van der Waals surface area contributed by atoms with Crippen molar-refractivity contribution in [3.8, 4) is 11.5 Å². The fourth-order valence-corrected chi connectivity index (χ4v) is 1.83. The molecule has 0 unspecified atom stereocenters. The quantitative estimate of drug-likeness (QED) is 0.657. The number of phenolic OH excluding ortho intramolecular Hbond substituents is 1. The van der Waals surface area contributed by atoms with Crippen LogP contribution in [0.15, 0.2) is 53.6 Å². The number of carbonyl (C=O) groups is 1. The SMILES string of the molecule is C[C@@H](Oc1cccc(Cl)c1)C(=O)N/N=C/c1ccccc1O. The predicted octanol–water partition coefficient (Wildman–Crippen LogP) is 2.96. The molecule has 0 saturated heterocycles. The molecule has 2 aromatic rings. The number of rotatable bonds is 5. The molecule has 22 heavy (non-hydrogen) atoms. The molecule has 114 valence electrons. The Balaban J connectivity index is 1.90. The number of aromatic hydroxyl groups is 1. The molecule has 0 aliphatic carbocycles. The number of phenols is 1. The molecule has 2 rings (SSSR count). The van der Waals surface area contributed by atoms with Gasteiger partial charge in [-0.1, -0.05) is 29.8 Å². The molecular formula is C16H15ClN2O3. The fourth-order valence-electron chi connectivity index (χ4n) is 1.65. The van der Waals surface area contributed by atoms with E-state index in [1.165, 1.54) is 12.3 Å². The molecule has 2 N–H and O–H groups in total. The number of nitrogens with zero attached hydrogens (tertiary/aromatic N) is 1. The first-order chi connectivity index (χ1) is 10.6. The van der Waals surface area contributed by atoms with Crippen LogP contribution in [0.5, 0.6) is 11.5 Å². The normalized spacial score (nSPS) is 12.1. The van der Waals surface area contributed by atoms with Crippen LogP contribution in [0.4, 0.5) is 0 Å². The van der Waals surface area contributed by atoms with Crippen LogP contribution in [-0.4, -0.2) is 23.3 Å². The molecule has 0 fully saturated rings. The average molecular weight is 319 g/mol. The number of amides is 1. The summed E-state index contributed by atoms with van der Waals surface area (Å²) in [5, 5.41) is 13.9. The largest absolute Gasteiger partial charge is 0.507 e. The van der Waals surface area contributed by atoms with E-state index in [1.54, 1.807) is 49.4 Å². The number of hydrazone groups is 1. The second-order valence-corrected chi connectivity index (χ2v) is 4.95. The van der Waals surface area contributed by atoms with Crippen molar-refractivity contribution in [2.45, 2.75) is 13.0 Å². The van der Waals surface area contributed by atoms with Gasteiger partial charge in [-0.25, -0.2) is 5.43 Å². The van der Waals surface area contributed by atoms with Gasteiger partial charge >= 0.3 is 0 Å². The number of nitrogens with one attached hydrogen (secondary N) is 1. The molecule has 0 heterocycles. The number of para-hydroxylation sites is 1. The first kappa shape index (κ1) is 15.9. The van der Waals surface area contributed by atoms with Crippen LogP contribution in [0, 0.1) is 0 Å². The maximum absolute atomic E-state index is 11.9. The van der Waals surface area contributed by atoms with Gasteiger partial charge in [0, 0.05) is 10.6 Å². The summed E-state index contributed by atoms with van der Waals surface area (Å²) in [7, 11) is 0. The first-order valence-corrected chi connectivity index (χ1v) is 6.97. The van der Waals surface area contributed by atoms with Gasteiger partial charge in [0.25, 0.3) is 5.91 Å². The summed E-state index contributed by atoms with van der Waals surface area (Å²) in [4.78, 5) is 11.9. The van der Waals surface area contributed by atoms with E-state index in [9.17, 15) is 9.90 Å². The Bertz CT molecular complexity index is 689. The monoisotopic (exact) mass is 318 g/mol. The number of benzene rings is 2. The number of hydrogen-bond donors (Lipinski definition) is 2. The molecular weight excluding hydrogens is 304 g/mol. The summed E-state index contributed by atoms with van der Waals surface area (Å²) in [6.45, 7) is 1.60. The molecule has 0 bridgehead atoms. The minimum absolute atomic E-state index is 0.0868. The molecule has 1 atom stereocenters. The molecule has 5 nitrogen and oxygen atoms in total. The van der Waals surface area contributed by atoms with E-state index in [1.807, 2.05) is 0 Å². The van der Waals surface area contributed by atoms with Crippen LogP contribution in [0.25, 0.3) is 0 Å². The second kappa shape index (κ2) is 7.47. The molecule has 0 aliphatic heterocycles. The maximum Gasteiger partial charge on any atom is 0.280 e. The number of hydrogen-bond acceptors (Lipinski definition) is 4. The molecule has 0 aliphatic rings. The van der Waals surface area contributed by atoms with Gasteiger partial charge in [-0.15, -0.1) is 0 Å². The van der Waals surface area contributed by atoms with Crippen LogP contribution in [0.1, 0.15) is 12.5 Å². The van der Waals surface area contributed by atoms with Crippen molar-refractivity contribution < 1.29 is 14.6 Å². The fraction of sp³-hybridized carbons (Fsp3) is 0.125. The topological polar surface area (TPSA) is 70.9 Å². The summed E-state index contributed by atoms with van der Waals surface area (Å²) in [5.41, 5.74) is 2.86. The van der Waals surface area contributed by atoms with Crippen LogP contribution in [0.2, 0.25) is 5.02 Å². The van der Waals surface area contributed by atoms with Crippen molar-refractivity contribution in [1.82, 2.24) is 5.43 Å². The summed E-state index contributed by atoms with van der Waals surface area (Å²) in [6, 6.07) is 13.5. The summed E-state index contributed by atoms with van der Waals surface area (Å²) < 4.78 is 5.46. The Labute approximate surface area is 133 Å². The van der Waals surface area contributed by atoms with Crippen LogP contribution in [0.3, 0.4) is 0 Å². The zero-order valence-electron chi connectivity index (χ0n) is 11.9. The van der Waals surface area contributed by atoms with E-state index >= 15 is 0 Å². The van der Waals surface area contributed by atoms with E-state index in [2.05, 4.69) is 10.5 Å². The first-order valence-electron chi connectivity index (χ1n) is 6.59. The molecule has 1 amide bonds. The van der Waals surface area contributed by atoms with E-state index in [0.29, 0.717) is 16.3 Å². The van der Waals surface area contributed by atoms with E-state index in [0.717, 1.165) is 0 Å². The minimum atomic E-state index is -0.736. The van der Waals surface area contributed by atoms with Gasteiger partial charge in [-0.2, -0.15) is 5.10 Å². The Morgan fingerprint density at radius 3 is 2.82 bits per heavy atom. The lowest BCUT2D eigenvalue weighted by atomic mass is 10.2. The van der Waals surface area contributed by atoms with Crippen LogP contribution < -0.4 is 10.2 Å². The maximum atomic E-state index is 11.9. The van der Waals surface area contributed by atoms with Crippen molar-refractivity contribution in [2.24, 2.45) is 5.10 Å². The lowest BCUT2D eigenvalue weighted by Crippen LogP contribution is -2.33. The summed E-state index contributed by atoms with van der Waals surface area (Å²) >= 11 is 5.85. The third-order valence-electron chi connectivity index (χ3n) is 2.79. The molecule has 2 aromatic carbocycles. The zero-order chi connectivity index (χ0) is 15.9. The highest BCUT2D eigenvalue weighted by molar-refractivity contribution is 6.30. The molecule has 0 aromatic heterocycles. The minimum Gasteiger partial charge on any atom is -0.507 e. The summed E-state index contributed by atoms with van der Waals surface area (Å²) in [5.74, 6) is 0.176. The number of carbonyl (C=O) groups excluding carboxylic acids is 1. The standard InChI is InChI=1S/C16H15ClN2O3/c1-11(22-14-7-4-6-13(17)9-14)16(21)19-18-10-12-5-2-3-8-15(12)20/h2-11,20H,1H3,(H,19,21)/b18-10+/t11-/m1/s1. The van der Waals surface area contributed by atoms with Gasteiger partial charge in [0.15, 0.2) is 6.10 Å². The van der Waals surface area contributed by atoms with Gasteiger partial charge in [-0.05, 0) is 37.3 Å². The molecule has 6 heteroatoms. The van der Waals surface area contributed by atoms with Gasteiger partial charge in [0.05, 0.1) is 6.21 Å². The molecule has 0 spiro atoms. The van der Waals surface area contributed by atoms with Crippen molar-refractivity contribution in [3.63, 3.8) is 0 Å². The Hall–Kier alpha value is -2.53. The van der Waals surface area contributed by atoms with Crippen molar-refractivity contribution >= 4 is 23.7 Å². The van der Waals surface area contributed by atoms with Gasteiger partial charge in [0.1, 0.15) is 11.5 Å². The zero-order valence-corrected chi connectivity index (χ0v) is 12.6. The average Bonchev–Trinajstić information content (AvgIpc) is 2.49. The Morgan fingerprint density at radius 2 is 2.09 bits per heavy atom. The van der Waals surface area contributed by atoms with Crippen molar-refractivity contribution in [3.05, 3.63) is 59.1 Å². The Morgan fingerprint density at radius 1 is 1.32 bits per heavy atom. The number of ether oxygens (including phenoxy) is 1. The number of halogens is 1. The van der Waals surface area contributed by atoms with E-state index in [4.69, 9.17) is 16.3 Å². The molecule has 0 radical (unpaired) electrons. The van der Waals surface area contributed by atoms with Gasteiger partial charge in [-0.3, -0.25) is 4.79 Å². The van der Waals surface area contributed by atoms with Crippen molar-refractivity contribution in [1.29, 1.82) is 0 Å². The highest BCUT2D eigenvalue weighted by Gasteiger charge is 2.13. The van der Waals surface area contributed by atoms with Gasteiger partial charge in [0.2, 0.25) is 0 Å². The Kier molecular flexibility index (Phi) is 5.38. The second-order valence-electron chi connectivity index (χ2n) is 4.51. The van der Waals surface area contributed by atoms with E-state index in [-0.39, 0.29) is 5.75 Å². The molecule has 0 saturated carbocycles. The smallest absolute Gasteiger partial charge is 0.280 e. The van der Waals surface area contributed by atoms with Crippen molar-refractivity contribution in [2.75, 3.05) is 0 Å². The van der Waals surface area contributed by atoms with E-state index < -0.39 is 12.0 Å². The van der Waals surface area contributed by atoms with Gasteiger partial charge < -0.3 is 9.84 Å². The summed E-state index contributed by atoms with van der Waals surface area (Å²) in [6.07, 6.45) is 0.624. The third-order valence-corrected chi connectivity index (χ3v) is 3.03. The van der Waals surface area contributed by atoms with Crippen LogP contribution >= 0.6 is 11.6 Å². The third kappa shape index (κ3) is 4.49.